The van der Waals surface area contributed by atoms with Crippen LogP contribution in [0.4, 0.5) is 0 Å². The van der Waals surface area contributed by atoms with Crippen molar-refractivity contribution in [2.45, 2.75) is 6.92 Å². The number of carboxylic acid groups (broad SMARTS) is 1. The van der Waals surface area contributed by atoms with E-state index < -0.39 is 5.97 Å². The van der Waals surface area contributed by atoms with Crippen LogP contribution < -0.4 is 4.74 Å². The lowest BCUT2D eigenvalue weighted by atomic mass is 10.1. The van der Waals surface area contributed by atoms with Gasteiger partial charge < -0.3 is 14.4 Å². The third-order valence-corrected chi connectivity index (χ3v) is 2.75. The quantitative estimate of drug-likeness (QED) is 0.654. The number of imidazole rings is 1. The Kier molecular flexibility index (Phi) is 4.56. The lowest BCUT2D eigenvalue weighted by molar-refractivity contribution is -0.131. The van der Waals surface area contributed by atoms with Gasteiger partial charge in [0.2, 0.25) is 0 Å². The van der Waals surface area contributed by atoms with E-state index in [2.05, 4.69) is 11.6 Å². The number of carbonyl (C=O) groups is 1. The summed E-state index contributed by atoms with van der Waals surface area (Å²) in [5.41, 5.74) is 2.49. The molecule has 0 saturated heterocycles. The summed E-state index contributed by atoms with van der Waals surface area (Å²) in [6.07, 6.45) is 7.86. The first-order valence-corrected chi connectivity index (χ1v) is 6.40. The predicted molar refractivity (Wildman–Crippen MR) is 80.7 cm³/mol. The first-order chi connectivity index (χ1) is 10.1. The van der Waals surface area contributed by atoms with Crippen molar-refractivity contribution in [1.29, 1.82) is 0 Å². The average molecular weight is 284 g/mol. The topological polar surface area (TPSA) is 64.3 Å². The second kappa shape index (κ2) is 6.56. The number of aliphatic carboxylic acids is 1. The Morgan fingerprint density at radius 3 is 2.95 bits per heavy atom. The second-order valence-corrected chi connectivity index (χ2v) is 4.42. The van der Waals surface area contributed by atoms with Gasteiger partial charge in [0.15, 0.2) is 0 Å². The molecule has 0 radical (unpaired) electrons. The maximum Gasteiger partial charge on any atom is 0.328 e. The molecular formula is C16H16N2O3. The fourth-order valence-corrected chi connectivity index (χ4v) is 1.83. The zero-order valence-electron chi connectivity index (χ0n) is 11.7. The summed E-state index contributed by atoms with van der Waals surface area (Å²) in [4.78, 5) is 14.8. The number of aromatic nitrogens is 2. The number of carboxylic acids is 1. The zero-order chi connectivity index (χ0) is 15.2. The van der Waals surface area contributed by atoms with Crippen molar-refractivity contribution in [2.75, 3.05) is 6.61 Å². The molecule has 21 heavy (non-hydrogen) atoms. The summed E-state index contributed by atoms with van der Waals surface area (Å²) in [5, 5.41) is 8.68. The maximum absolute atomic E-state index is 10.6. The van der Waals surface area contributed by atoms with Crippen molar-refractivity contribution in [1.82, 2.24) is 9.55 Å². The van der Waals surface area contributed by atoms with Gasteiger partial charge in [-0.25, -0.2) is 9.78 Å². The van der Waals surface area contributed by atoms with E-state index in [1.165, 1.54) is 6.08 Å². The van der Waals surface area contributed by atoms with Crippen LogP contribution in [0.5, 0.6) is 5.75 Å². The number of rotatable bonds is 6. The lowest BCUT2D eigenvalue weighted by Gasteiger charge is -2.11. The van der Waals surface area contributed by atoms with Crippen LogP contribution in [0.1, 0.15) is 11.3 Å². The molecule has 0 unspecified atom stereocenters. The SMILES string of the molecule is C=CCOc1cc(C=CC(=O)O)ccc1-n1cnc(C)c1. The second-order valence-electron chi connectivity index (χ2n) is 4.42. The highest BCUT2D eigenvalue weighted by atomic mass is 16.5. The van der Waals surface area contributed by atoms with Gasteiger partial charge in [-0.15, -0.1) is 0 Å². The van der Waals surface area contributed by atoms with E-state index in [0.717, 1.165) is 23.0 Å². The molecule has 2 rings (SSSR count). The Morgan fingerprint density at radius 1 is 1.52 bits per heavy atom. The number of ether oxygens (including phenoxy) is 1. The van der Waals surface area contributed by atoms with E-state index in [0.29, 0.717) is 12.4 Å². The Morgan fingerprint density at radius 2 is 2.33 bits per heavy atom. The van der Waals surface area contributed by atoms with Crippen LogP contribution >= 0.6 is 0 Å². The maximum atomic E-state index is 10.6. The molecule has 1 N–H and O–H groups in total. The molecule has 0 spiro atoms. The number of hydrogen-bond donors (Lipinski definition) is 1. The fraction of sp³-hybridized carbons (Fsp3) is 0.125. The van der Waals surface area contributed by atoms with E-state index in [1.54, 1.807) is 18.5 Å². The molecule has 1 aromatic carbocycles. The highest BCUT2D eigenvalue weighted by Crippen LogP contribution is 2.25. The van der Waals surface area contributed by atoms with Gasteiger partial charge in [-0.1, -0.05) is 18.7 Å². The van der Waals surface area contributed by atoms with Gasteiger partial charge in [-0.05, 0) is 30.7 Å². The third-order valence-electron chi connectivity index (χ3n) is 2.75. The number of hydrogen-bond acceptors (Lipinski definition) is 3. The molecule has 0 fully saturated rings. The Bertz CT molecular complexity index is 687. The van der Waals surface area contributed by atoms with Gasteiger partial charge in [0.25, 0.3) is 0 Å². The fourth-order valence-electron chi connectivity index (χ4n) is 1.83. The van der Waals surface area contributed by atoms with Crippen LogP contribution in [0.2, 0.25) is 0 Å². The normalized spacial score (nSPS) is 10.7. The number of nitrogens with zero attached hydrogens (tertiary/aromatic N) is 2. The first kappa shape index (κ1) is 14.6. The van der Waals surface area contributed by atoms with Gasteiger partial charge in [0.05, 0.1) is 17.7 Å². The largest absolute Gasteiger partial charge is 0.487 e. The van der Waals surface area contributed by atoms with Crippen LogP contribution in [-0.4, -0.2) is 27.2 Å². The average Bonchev–Trinajstić information content (AvgIpc) is 2.89. The Balaban J connectivity index is 2.39. The van der Waals surface area contributed by atoms with Crippen molar-refractivity contribution >= 4 is 12.0 Å². The molecular weight excluding hydrogens is 268 g/mol. The summed E-state index contributed by atoms with van der Waals surface area (Å²) >= 11 is 0. The van der Waals surface area contributed by atoms with E-state index >= 15 is 0 Å². The first-order valence-electron chi connectivity index (χ1n) is 6.40. The molecule has 108 valence electrons. The molecule has 5 heteroatoms. The standard InChI is InChI=1S/C16H16N2O3/c1-3-8-21-15-9-13(5-7-16(19)20)4-6-14(15)18-10-12(2)17-11-18/h3-7,9-11H,1,8H2,2H3,(H,19,20). The summed E-state index contributed by atoms with van der Waals surface area (Å²) < 4.78 is 7.51. The molecule has 5 nitrogen and oxygen atoms in total. The molecule has 0 aliphatic heterocycles. The van der Waals surface area contributed by atoms with Crippen LogP contribution in [0.3, 0.4) is 0 Å². The van der Waals surface area contributed by atoms with E-state index in [9.17, 15) is 4.79 Å². The Hall–Kier alpha value is -2.82. The van der Waals surface area contributed by atoms with Crippen molar-refractivity contribution in [3.8, 4) is 11.4 Å². The molecule has 0 aliphatic carbocycles. The molecule has 0 aliphatic rings. The summed E-state index contributed by atoms with van der Waals surface area (Å²) in [6, 6.07) is 5.47. The summed E-state index contributed by atoms with van der Waals surface area (Å²) in [7, 11) is 0. The van der Waals surface area contributed by atoms with Crippen LogP contribution in [-0.2, 0) is 4.79 Å². The molecule has 1 heterocycles. The lowest BCUT2D eigenvalue weighted by Crippen LogP contribution is -2.00. The highest BCUT2D eigenvalue weighted by Gasteiger charge is 2.07. The number of aryl methyl sites for hydroxylation is 1. The van der Waals surface area contributed by atoms with Gasteiger partial charge in [-0.3, -0.25) is 0 Å². The van der Waals surface area contributed by atoms with Crippen LogP contribution in [0.15, 0.2) is 49.5 Å². The monoisotopic (exact) mass is 284 g/mol. The van der Waals surface area contributed by atoms with Crippen molar-refractivity contribution in [3.63, 3.8) is 0 Å². The molecule has 1 aromatic heterocycles. The van der Waals surface area contributed by atoms with E-state index in [-0.39, 0.29) is 0 Å². The molecule has 0 amide bonds. The minimum atomic E-state index is -0.988. The van der Waals surface area contributed by atoms with Crippen molar-refractivity contribution in [3.05, 3.63) is 60.7 Å². The Labute approximate surface area is 122 Å². The van der Waals surface area contributed by atoms with E-state index in [4.69, 9.17) is 9.84 Å². The highest BCUT2D eigenvalue weighted by molar-refractivity contribution is 5.85. The van der Waals surface area contributed by atoms with Crippen LogP contribution in [0, 0.1) is 6.92 Å². The molecule has 2 aromatic rings. The van der Waals surface area contributed by atoms with Gasteiger partial charge in [-0.2, -0.15) is 0 Å². The zero-order valence-corrected chi connectivity index (χ0v) is 11.7. The summed E-state index contributed by atoms with van der Waals surface area (Å²) in [5.74, 6) is -0.349. The van der Waals surface area contributed by atoms with E-state index in [1.807, 2.05) is 29.8 Å². The van der Waals surface area contributed by atoms with Crippen molar-refractivity contribution < 1.29 is 14.6 Å². The molecule has 0 bridgehead atoms. The predicted octanol–water partition coefficient (Wildman–Crippen LogP) is 2.84. The minimum absolute atomic E-state index is 0.368. The molecule has 0 saturated carbocycles. The van der Waals surface area contributed by atoms with Gasteiger partial charge in [0.1, 0.15) is 12.4 Å². The third kappa shape index (κ3) is 3.82. The smallest absolute Gasteiger partial charge is 0.328 e. The van der Waals surface area contributed by atoms with Gasteiger partial charge >= 0.3 is 5.97 Å². The van der Waals surface area contributed by atoms with Crippen LogP contribution in [0.25, 0.3) is 11.8 Å². The number of benzene rings is 1. The minimum Gasteiger partial charge on any atom is -0.487 e. The van der Waals surface area contributed by atoms with Gasteiger partial charge in [0, 0.05) is 12.3 Å². The van der Waals surface area contributed by atoms with Crippen molar-refractivity contribution in [2.24, 2.45) is 0 Å². The summed E-state index contributed by atoms with van der Waals surface area (Å²) in [6.45, 7) is 5.90. The molecule has 0 atom stereocenters.